The molecule has 1 aromatic rings. The fourth-order valence-electron chi connectivity index (χ4n) is 0.526. The average Bonchev–Trinajstić information content (AvgIpc) is 1.90. The Kier molecular flexibility index (Phi) is 1.46. The Bertz CT molecular complexity index is 230. The minimum Gasteiger partial charge on any atom is -0.361 e. The first kappa shape index (κ1) is 5.77. The number of hydrogen-bond acceptors (Lipinski definition) is 1. The Morgan fingerprint density at radius 2 is 2.33 bits per heavy atom. The first-order valence-corrected chi connectivity index (χ1v) is 2.63. The molecule has 1 aromatic heterocycles. The monoisotopic (exact) mass is 118 g/mol. The zero-order chi connectivity index (χ0) is 6.69. The first-order chi connectivity index (χ1) is 4.33. The summed E-state index contributed by atoms with van der Waals surface area (Å²) in [5, 5.41) is 0. The fourth-order valence-corrected chi connectivity index (χ4v) is 0.526. The van der Waals surface area contributed by atoms with Crippen molar-refractivity contribution < 1.29 is 0 Å². The van der Waals surface area contributed by atoms with Crippen LogP contribution in [0.3, 0.4) is 0 Å². The van der Waals surface area contributed by atoms with Crippen LogP contribution in [0.5, 0.6) is 0 Å². The lowest BCUT2D eigenvalue weighted by Crippen LogP contribution is -1.72. The second-order valence-electron chi connectivity index (χ2n) is 1.81. The van der Waals surface area contributed by atoms with Gasteiger partial charge < -0.3 is 4.85 Å². The zero-order valence-electron chi connectivity index (χ0n) is 5.13. The van der Waals surface area contributed by atoms with Crippen LogP contribution in [0.1, 0.15) is 5.56 Å². The number of hydrogen-bond donors (Lipinski definition) is 0. The molecular weight excluding hydrogens is 112 g/mol. The van der Waals surface area contributed by atoms with Gasteiger partial charge in [0.15, 0.2) is 0 Å². The van der Waals surface area contributed by atoms with Crippen molar-refractivity contribution in [2.75, 3.05) is 0 Å². The van der Waals surface area contributed by atoms with E-state index in [9.17, 15) is 0 Å². The highest BCUT2D eigenvalue weighted by Gasteiger charge is 1.88. The lowest BCUT2D eigenvalue weighted by atomic mass is 10.3. The molecule has 0 saturated heterocycles. The van der Waals surface area contributed by atoms with E-state index in [4.69, 9.17) is 6.57 Å². The zero-order valence-corrected chi connectivity index (χ0v) is 5.13. The van der Waals surface area contributed by atoms with Gasteiger partial charge in [0.2, 0.25) is 0 Å². The lowest BCUT2D eigenvalue weighted by Gasteiger charge is -1.85. The van der Waals surface area contributed by atoms with Crippen molar-refractivity contribution in [2.24, 2.45) is 0 Å². The Morgan fingerprint density at radius 3 is 2.78 bits per heavy atom. The number of aromatic nitrogens is 1. The van der Waals surface area contributed by atoms with Gasteiger partial charge in [0.1, 0.15) is 6.20 Å². The molecule has 0 fully saturated rings. The molecule has 2 nitrogen and oxygen atoms in total. The SMILES string of the molecule is [C-]#[N+]c1ccc(C)cn1. The highest BCUT2D eigenvalue weighted by Crippen LogP contribution is 2.05. The molecule has 0 radical (unpaired) electrons. The highest BCUT2D eigenvalue weighted by atomic mass is 14.8. The van der Waals surface area contributed by atoms with Crippen molar-refractivity contribution in [3.05, 3.63) is 35.3 Å². The van der Waals surface area contributed by atoms with E-state index in [1.807, 2.05) is 13.0 Å². The third kappa shape index (κ3) is 1.26. The average molecular weight is 118 g/mol. The van der Waals surface area contributed by atoms with E-state index in [1.165, 1.54) is 0 Å². The van der Waals surface area contributed by atoms with Crippen molar-refractivity contribution in [1.29, 1.82) is 0 Å². The van der Waals surface area contributed by atoms with Crippen molar-refractivity contribution in [3.63, 3.8) is 0 Å². The van der Waals surface area contributed by atoms with E-state index >= 15 is 0 Å². The van der Waals surface area contributed by atoms with Crippen LogP contribution in [0.2, 0.25) is 0 Å². The molecule has 0 aliphatic heterocycles. The van der Waals surface area contributed by atoms with Gasteiger partial charge in [0, 0.05) is 0 Å². The molecule has 0 N–H and O–H groups in total. The highest BCUT2D eigenvalue weighted by molar-refractivity contribution is 5.35. The maximum atomic E-state index is 6.58. The predicted molar refractivity (Wildman–Crippen MR) is 35.2 cm³/mol. The lowest BCUT2D eigenvalue weighted by molar-refractivity contribution is 1.29. The van der Waals surface area contributed by atoms with E-state index in [1.54, 1.807) is 12.3 Å². The summed E-state index contributed by atoms with van der Waals surface area (Å²) in [5.41, 5.74) is 1.09. The third-order valence-electron chi connectivity index (χ3n) is 1.01. The normalized spacial score (nSPS) is 8.44. The van der Waals surface area contributed by atoms with E-state index in [2.05, 4.69) is 9.83 Å². The number of aryl methyl sites for hydroxylation is 1. The predicted octanol–water partition coefficient (Wildman–Crippen LogP) is 1.94. The number of pyridine rings is 1. The molecule has 2 heteroatoms. The molecule has 0 saturated carbocycles. The minimum atomic E-state index is 0.459. The fraction of sp³-hybridized carbons (Fsp3) is 0.143. The van der Waals surface area contributed by atoms with Crippen LogP contribution in [0, 0.1) is 13.5 Å². The van der Waals surface area contributed by atoms with Crippen molar-refractivity contribution in [2.45, 2.75) is 6.92 Å². The van der Waals surface area contributed by atoms with E-state index in [0.29, 0.717) is 5.82 Å². The van der Waals surface area contributed by atoms with Gasteiger partial charge in [-0.25, -0.2) is 0 Å². The maximum absolute atomic E-state index is 6.58. The third-order valence-corrected chi connectivity index (χ3v) is 1.01. The van der Waals surface area contributed by atoms with Gasteiger partial charge in [-0.2, -0.15) is 0 Å². The van der Waals surface area contributed by atoms with Crippen LogP contribution in [-0.2, 0) is 0 Å². The van der Waals surface area contributed by atoms with Gasteiger partial charge in [-0.1, -0.05) is 12.6 Å². The van der Waals surface area contributed by atoms with Crippen LogP contribution in [0.4, 0.5) is 5.82 Å². The number of rotatable bonds is 0. The van der Waals surface area contributed by atoms with E-state index < -0.39 is 0 Å². The van der Waals surface area contributed by atoms with Crippen LogP contribution >= 0.6 is 0 Å². The topological polar surface area (TPSA) is 17.2 Å². The van der Waals surface area contributed by atoms with E-state index in [-0.39, 0.29) is 0 Å². The van der Waals surface area contributed by atoms with Crippen LogP contribution in [0.15, 0.2) is 18.3 Å². The second kappa shape index (κ2) is 2.27. The Balaban J connectivity index is 3.06. The molecule has 0 spiro atoms. The molecule has 0 bridgehead atoms. The Hall–Kier alpha value is -1.36. The molecule has 0 aliphatic carbocycles. The van der Waals surface area contributed by atoms with Gasteiger partial charge in [0.25, 0.3) is 5.82 Å². The van der Waals surface area contributed by atoms with Gasteiger partial charge in [0.05, 0.1) is 0 Å². The second-order valence-corrected chi connectivity index (χ2v) is 1.81. The summed E-state index contributed by atoms with van der Waals surface area (Å²) in [5.74, 6) is 0.459. The summed E-state index contributed by atoms with van der Waals surface area (Å²) in [6, 6.07) is 3.59. The largest absolute Gasteiger partial charge is 0.361 e. The van der Waals surface area contributed by atoms with Crippen molar-refractivity contribution in [3.8, 4) is 0 Å². The summed E-state index contributed by atoms with van der Waals surface area (Å²) in [6.07, 6.45) is 1.69. The standard InChI is InChI=1S/C7H6N2/c1-6-3-4-7(8-2)9-5-6/h3-5H,1H3. The summed E-state index contributed by atoms with van der Waals surface area (Å²) in [6.45, 7) is 8.52. The van der Waals surface area contributed by atoms with Crippen LogP contribution in [-0.4, -0.2) is 4.98 Å². The molecule has 0 unspecified atom stereocenters. The molecular formula is C7H6N2. The summed E-state index contributed by atoms with van der Waals surface area (Å²) in [7, 11) is 0. The van der Waals surface area contributed by atoms with E-state index in [0.717, 1.165) is 5.56 Å². The van der Waals surface area contributed by atoms with Crippen molar-refractivity contribution >= 4 is 5.82 Å². The maximum Gasteiger partial charge on any atom is 0.269 e. The van der Waals surface area contributed by atoms with Gasteiger partial charge in [-0.3, -0.25) is 0 Å². The van der Waals surface area contributed by atoms with Crippen LogP contribution in [0.25, 0.3) is 4.85 Å². The van der Waals surface area contributed by atoms with Crippen LogP contribution < -0.4 is 0 Å². The van der Waals surface area contributed by atoms with Crippen molar-refractivity contribution in [1.82, 2.24) is 4.98 Å². The van der Waals surface area contributed by atoms with Gasteiger partial charge in [-0.15, -0.1) is 4.98 Å². The molecule has 0 aromatic carbocycles. The smallest absolute Gasteiger partial charge is 0.269 e. The Labute approximate surface area is 54.0 Å². The molecule has 1 rings (SSSR count). The summed E-state index contributed by atoms with van der Waals surface area (Å²) >= 11 is 0. The quantitative estimate of drug-likeness (QED) is 0.476. The summed E-state index contributed by atoms with van der Waals surface area (Å²) < 4.78 is 0. The van der Waals surface area contributed by atoms with Gasteiger partial charge >= 0.3 is 0 Å². The number of nitrogens with zero attached hydrogens (tertiary/aromatic N) is 2. The molecule has 0 atom stereocenters. The van der Waals surface area contributed by atoms with Gasteiger partial charge in [-0.05, 0) is 18.6 Å². The molecule has 9 heavy (non-hydrogen) atoms. The Morgan fingerprint density at radius 1 is 1.56 bits per heavy atom. The molecule has 44 valence electrons. The summed E-state index contributed by atoms with van der Waals surface area (Å²) in [4.78, 5) is 6.99. The molecule has 1 heterocycles. The molecule has 0 amide bonds. The minimum absolute atomic E-state index is 0.459. The first-order valence-electron chi connectivity index (χ1n) is 2.63. The molecule has 0 aliphatic rings.